The Kier molecular flexibility index (Phi) is 15.8. The van der Waals surface area contributed by atoms with Crippen LogP contribution < -0.4 is 21.3 Å². The van der Waals surface area contributed by atoms with E-state index in [1.165, 1.54) is 23.5 Å². The lowest BCUT2D eigenvalue weighted by Gasteiger charge is -2.26. The van der Waals surface area contributed by atoms with E-state index >= 15 is 0 Å². The number of rotatable bonds is 23. The molecule has 8 rings (SSSR count). The summed E-state index contributed by atoms with van der Waals surface area (Å²) < 4.78 is 0. The molecule has 0 saturated carbocycles. The molecule has 0 amide bonds. The fourth-order valence-electron chi connectivity index (χ4n) is 8.23. The molecule has 2 heterocycles. The number of nitrogens with one attached hydrogen (secondary N) is 4. The average Bonchev–Trinajstić information content (AvgIpc) is 3.35. The molecule has 0 spiro atoms. The van der Waals surface area contributed by atoms with Gasteiger partial charge < -0.3 is 31.5 Å². The van der Waals surface area contributed by atoms with E-state index in [-0.39, 0.29) is 92.1 Å². The smallest absolute Gasteiger partial charge is 0.233 e. The molecule has 0 bridgehead atoms. The van der Waals surface area contributed by atoms with Crippen molar-refractivity contribution >= 4 is 81.8 Å². The Morgan fingerprint density at radius 3 is 1.16 bits per heavy atom. The zero-order chi connectivity index (χ0) is 47.6. The molecule has 0 radical (unpaired) electrons. The van der Waals surface area contributed by atoms with Gasteiger partial charge in [-0.15, -0.1) is 0 Å². The van der Waals surface area contributed by atoms with Gasteiger partial charge in [0.25, 0.3) is 0 Å². The highest BCUT2D eigenvalue weighted by Crippen LogP contribution is 2.44. The minimum Gasteiger partial charge on any atom is -0.396 e. The van der Waals surface area contributed by atoms with Gasteiger partial charge in [0.15, 0.2) is 33.4 Å². The number of aliphatic hydroxyl groups is 2. The first-order valence-corrected chi connectivity index (χ1v) is 24.9. The second kappa shape index (κ2) is 22.5. The van der Waals surface area contributed by atoms with Crippen LogP contribution in [0.1, 0.15) is 129 Å². The maximum atomic E-state index is 14.9. The molecule has 6 aromatic rings. The van der Waals surface area contributed by atoms with Gasteiger partial charge >= 0.3 is 0 Å². The number of aliphatic hydroxyl groups excluding tert-OH is 2. The van der Waals surface area contributed by atoms with E-state index in [1.807, 2.05) is 0 Å². The van der Waals surface area contributed by atoms with Gasteiger partial charge in [0.2, 0.25) is 23.8 Å². The largest absolute Gasteiger partial charge is 0.396 e. The molecule has 2 aliphatic rings. The van der Waals surface area contributed by atoms with Crippen LogP contribution in [0.5, 0.6) is 0 Å². The Morgan fingerprint density at radius 2 is 0.794 bits per heavy atom. The Morgan fingerprint density at radius 1 is 0.426 bits per heavy atom. The van der Waals surface area contributed by atoms with Crippen LogP contribution in [-0.4, -0.2) is 101 Å². The lowest BCUT2D eigenvalue weighted by atomic mass is 9.75. The van der Waals surface area contributed by atoms with Crippen LogP contribution >= 0.6 is 23.5 Å². The minimum absolute atomic E-state index is 0.0385. The van der Waals surface area contributed by atoms with Crippen molar-refractivity contribution in [3.8, 4) is 11.1 Å². The summed E-state index contributed by atoms with van der Waals surface area (Å²) in [7, 11) is 0. The van der Waals surface area contributed by atoms with Crippen molar-refractivity contribution in [1.29, 1.82) is 0 Å². The highest BCUT2D eigenvalue weighted by Gasteiger charge is 2.39. The molecule has 4 aromatic carbocycles. The lowest BCUT2D eigenvalue weighted by molar-refractivity contribution is 0.0978. The summed E-state index contributed by atoms with van der Waals surface area (Å²) in [6.45, 7) is 5.36. The number of hydrogen-bond acceptors (Lipinski definition) is 18. The van der Waals surface area contributed by atoms with Gasteiger partial charge in [0.05, 0.1) is 35.7 Å². The lowest BCUT2D eigenvalue weighted by Crippen LogP contribution is -2.25. The van der Waals surface area contributed by atoms with Crippen LogP contribution in [-0.2, 0) is 0 Å². The number of hydrogen-bond donors (Lipinski definition) is 6. The van der Waals surface area contributed by atoms with Gasteiger partial charge in [-0.05, 0) is 36.1 Å². The molecule has 68 heavy (non-hydrogen) atoms. The fraction of sp³-hybridized carbons (Fsp3) is 0.320. The molecule has 2 aliphatic carbocycles. The predicted octanol–water partition coefficient (Wildman–Crippen LogP) is 8.91. The van der Waals surface area contributed by atoms with Crippen LogP contribution in [0.15, 0.2) is 83.1 Å². The summed E-state index contributed by atoms with van der Waals surface area (Å²) in [6.07, 6.45) is 8.30. The summed E-state index contributed by atoms with van der Waals surface area (Å²) in [5.41, 5.74) is 2.00. The number of aromatic nitrogens is 6. The number of anilines is 6. The Bertz CT molecular complexity index is 2690. The van der Waals surface area contributed by atoms with Crippen LogP contribution in [0.4, 0.5) is 35.2 Å². The zero-order valence-corrected chi connectivity index (χ0v) is 39.5. The molecule has 0 fully saturated rings. The standard InChI is InChI=1S/C50H52N10O6S2/c1-3-5-7-13-23-51-45-55-47(59-49(57-45)67-27-25-61)53-35-21-19-29(37-39(35)43(65)33-17-11-9-15-31(33)41(37)63)30-20-22-36(40-38(30)42(64)32-16-10-12-18-34(32)44(40)66)54-48-56-46(52-24-14-8-6-4-2)58-50(60-48)68-28-26-62/h9-12,15-22,61-62H,3-8,13-14,23-28H2,1-2H3,(H2,51,53,55,57,59)(H2,52,54,56,58,60). The monoisotopic (exact) mass is 952 g/mol. The number of fused-ring (bicyclic) bond motifs is 4. The first-order chi connectivity index (χ1) is 33.2. The maximum Gasteiger partial charge on any atom is 0.233 e. The average molecular weight is 953 g/mol. The molecule has 350 valence electrons. The van der Waals surface area contributed by atoms with Crippen molar-refractivity contribution < 1.29 is 29.4 Å². The van der Waals surface area contributed by atoms with Crippen molar-refractivity contribution in [2.45, 2.75) is 75.5 Å². The third-order valence-corrected chi connectivity index (χ3v) is 13.1. The molecule has 6 N–H and O–H groups in total. The van der Waals surface area contributed by atoms with E-state index in [0.29, 0.717) is 46.8 Å². The molecule has 2 aromatic heterocycles. The van der Waals surface area contributed by atoms with Gasteiger partial charge in [0, 0.05) is 58.0 Å². The van der Waals surface area contributed by atoms with E-state index in [1.54, 1.807) is 72.8 Å². The number of nitrogens with zero attached hydrogens (tertiary/aromatic N) is 6. The summed E-state index contributed by atoms with van der Waals surface area (Å²) in [4.78, 5) is 86.8. The van der Waals surface area contributed by atoms with E-state index in [9.17, 15) is 29.4 Å². The first kappa shape index (κ1) is 47.9. The van der Waals surface area contributed by atoms with Crippen molar-refractivity contribution in [3.63, 3.8) is 0 Å². The number of carbonyl (C=O) groups is 4. The van der Waals surface area contributed by atoms with Gasteiger partial charge in [-0.3, -0.25) is 19.2 Å². The summed E-state index contributed by atoms with van der Waals surface area (Å²) in [6, 6.07) is 19.8. The van der Waals surface area contributed by atoms with Gasteiger partial charge in [0.1, 0.15) is 0 Å². The Hall–Kier alpha value is -6.60. The van der Waals surface area contributed by atoms with Crippen molar-refractivity contribution in [2.75, 3.05) is 59.1 Å². The van der Waals surface area contributed by atoms with E-state index in [2.05, 4.69) is 65.0 Å². The van der Waals surface area contributed by atoms with Crippen LogP contribution in [0.2, 0.25) is 0 Å². The van der Waals surface area contributed by atoms with Crippen molar-refractivity contribution in [1.82, 2.24) is 29.9 Å². The molecule has 16 nitrogen and oxygen atoms in total. The van der Waals surface area contributed by atoms with Gasteiger partial charge in [-0.2, -0.15) is 29.9 Å². The second-order valence-electron chi connectivity index (χ2n) is 16.1. The topological polar surface area (TPSA) is 234 Å². The number of carbonyl (C=O) groups excluding carboxylic acids is 4. The number of unbranched alkanes of at least 4 members (excludes halogenated alkanes) is 6. The van der Waals surface area contributed by atoms with Crippen LogP contribution in [0.3, 0.4) is 0 Å². The highest BCUT2D eigenvalue weighted by molar-refractivity contribution is 7.99. The second-order valence-corrected chi connectivity index (χ2v) is 18.3. The molecular weight excluding hydrogens is 901 g/mol. The van der Waals surface area contributed by atoms with Gasteiger partial charge in [-0.25, -0.2) is 0 Å². The van der Waals surface area contributed by atoms with E-state index in [0.717, 1.165) is 51.4 Å². The zero-order valence-electron chi connectivity index (χ0n) is 37.9. The minimum atomic E-state index is -0.447. The summed E-state index contributed by atoms with van der Waals surface area (Å²) >= 11 is 2.49. The summed E-state index contributed by atoms with van der Waals surface area (Å²) in [5.74, 6) is -0.223. The van der Waals surface area contributed by atoms with Crippen molar-refractivity contribution in [3.05, 3.63) is 117 Å². The predicted molar refractivity (Wildman–Crippen MR) is 266 cm³/mol. The number of benzene rings is 4. The first-order valence-electron chi connectivity index (χ1n) is 23.0. The third kappa shape index (κ3) is 10.4. The third-order valence-electron chi connectivity index (χ3n) is 11.4. The Labute approximate surface area is 402 Å². The molecule has 0 unspecified atom stereocenters. The molecule has 0 atom stereocenters. The van der Waals surface area contributed by atoms with E-state index in [4.69, 9.17) is 0 Å². The number of thioether (sulfide) groups is 2. The molecule has 0 aliphatic heterocycles. The molecular formula is C50H52N10O6S2. The van der Waals surface area contributed by atoms with Crippen LogP contribution in [0, 0.1) is 0 Å². The molecule has 18 heteroatoms. The normalized spacial score (nSPS) is 12.6. The van der Waals surface area contributed by atoms with Crippen molar-refractivity contribution in [2.24, 2.45) is 0 Å². The van der Waals surface area contributed by atoms with Gasteiger partial charge in [-0.1, -0.05) is 137 Å². The maximum absolute atomic E-state index is 14.9. The highest BCUT2D eigenvalue weighted by atomic mass is 32.2. The van der Waals surface area contributed by atoms with E-state index < -0.39 is 23.1 Å². The quantitative estimate of drug-likeness (QED) is 0.0259. The summed E-state index contributed by atoms with van der Waals surface area (Å²) in [5, 5.41) is 32.8. The Balaban J connectivity index is 1.25. The molecule has 0 saturated heterocycles. The SMILES string of the molecule is CCCCCCNc1nc(Nc2ccc(-c3ccc(Nc4nc(NCCCCCC)nc(SCCO)n4)c4c3C(=O)c3ccccc3C4=O)c3c2C(=O)c2ccccc2C3=O)nc(SCCO)n1. The fourth-order valence-corrected chi connectivity index (χ4v) is 9.39. The van der Waals surface area contributed by atoms with Crippen LogP contribution in [0.25, 0.3) is 11.1 Å². The number of ketones is 4.